The van der Waals surface area contributed by atoms with Gasteiger partial charge in [-0.05, 0) is 31.2 Å². The maximum absolute atomic E-state index is 11.9. The molecule has 0 saturated heterocycles. The summed E-state index contributed by atoms with van der Waals surface area (Å²) in [5.74, 6) is 0.101. The summed E-state index contributed by atoms with van der Waals surface area (Å²) in [6, 6.07) is 2.42. The lowest BCUT2D eigenvalue weighted by atomic mass is 10.4. The number of thiophene rings is 1. The molecule has 1 fully saturated rings. The molecule has 1 aliphatic rings. The molecule has 1 amide bonds. The minimum absolute atomic E-state index is 0.101. The highest BCUT2D eigenvalue weighted by atomic mass is 32.2. The number of aromatic nitrogens is 2. The van der Waals surface area contributed by atoms with E-state index in [1.807, 2.05) is 18.4 Å². The summed E-state index contributed by atoms with van der Waals surface area (Å²) < 4.78 is 0. The molecule has 2 aromatic rings. The first-order valence-corrected chi connectivity index (χ1v) is 7.65. The highest BCUT2D eigenvalue weighted by molar-refractivity contribution is 8.00. The fourth-order valence-corrected chi connectivity index (χ4v) is 3.34. The van der Waals surface area contributed by atoms with Gasteiger partial charge in [-0.1, -0.05) is 11.8 Å². The van der Waals surface area contributed by atoms with Gasteiger partial charge in [0.2, 0.25) is 5.91 Å². The van der Waals surface area contributed by atoms with Crippen LogP contribution in [0.25, 0.3) is 10.2 Å². The van der Waals surface area contributed by atoms with Crippen LogP contribution in [0.5, 0.6) is 0 Å². The van der Waals surface area contributed by atoms with Gasteiger partial charge in [-0.2, -0.15) is 0 Å². The normalized spacial score (nSPS) is 16.7. The lowest BCUT2D eigenvalue weighted by molar-refractivity contribution is -0.120. The minimum atomic E-state index is -0.122. The standard InChI is InChI=1S/C12H13N3OS2/c1-7(10(16)15-8-2-3-8)18-12-9-4-5-17-11(9)13-6-14-12/h4-8H,2-3H2,1H3,(H,15,16)/t7-/m0/s1. The largest absolute Gasteiger partial charge is 0.352 e. The van der Waals surface area contributed by atoms with Gasteiger partial charge in [0, 0.05) is 11.4 Å². The van der Waals surface area contributed by atoms with Crippen molar-refractivity contribution < 1.29 is 4.79 Å². The maximum Gasteiger partial charge on any atom is 0.233 e. The van der Waals surface area contributed by atoms with Gasteiger partial charge in [0.1, 0.15) is 16.2 Å². The molecule has 1 aliphatic carbocycles. The van der Waals surface area contributed by atoms with Gasteiger partial charge < -0.3 is 5.32 Å². The Morgan fingerprint density at radius 2 is 2.39 bits per heavy atom. The molecule has 0 radical (unpaired) electrons. The van der Waals surface area contributed by atoms with Gasteiger partial charge >= 0.3 is 0 Å². The van der Waals surface area contributed by atoms with Gasteiger partial charge in [0.05, 0.1) is 5.25 Å². The topological polar surface area (TPSA) is 54.9 Å². The molecule has 0 aliphatic heterocycles. The monoisotopic (exact) mass is 279 g/mol. The highest BCUT2D eigenvalue weighted by Crippen LogP contribution is 2.30. The van der Waals surface area contributed by atoms with Gasteiger partial charge in [-0.15, -0.1) is 11.3 Å². The molecule has 1 atom stereocenters. The molecular formula is C12H13N3OS2. The number of carbonyl (C=O) groups excluding carboxylic acids is 1. The van der Waals surface area contributed by atoms with Gasteiger partial charge in [0.25, 0.3) is 0 Å². The van der Waals surface area contributed by atoms with E-state index in [0.717, 1.165) is 28.1 Å². The van der Waals surface area contributed by atoms with Crippen molar-refractivity contribution in [1.82, 2.24) is 15.3 Å². The summed E-state index contributed by atoms with van der Waals surface area (Å²) in [7, 11) is 0. The number of thioether (sulfide) groups is 1. The van der Waals surface area contributed by atoms with E-state index in [2.05, 4.69) is 15.3 Å². The van der Waals surface area contributed by atoms with E-state index in [1.165, 1.54) is 11.8 Å². The quantitative estimate of drug-likeness (QED) is 0.690. The number of hydrogen-bond donors (Lipinski definition) is 1. The SMILES string of the molecule is C[C@H](Sc1ncnc2sccc12)C(=O)NC1CC1. The Morgan fingerprint density at radius 1 is 1.56 bits per heavy atom. The van der Waals surface area contributed by atoms with Gasteiger partial charge in [0.15, 0.2) is 0 Å². The summed E-state index contributed by atoms with van der Waals surface area (Å²) in [4.78, 5) is 21.4. The van der Waals surface area contributed by atoms with Crippen LogP contribution in [0.3, 0.4) is 0 Å². The van der Waals surface area contributed by atoms with Crippen LogP contribution in [0, 0.1) is 0 Å². The average molecular weight is 279 g/mol. The zero-order valence-electron chi connectivity index (χ0n) is 9.92. The molecule has 2 aromatic heterocycles. The van der Waals surface area contributed by atoms with E-state index in [1.54, 1.807) is 17.7 Å². The molecule has 2 heterocycles. The van der Waals surface area contributed by atoms with E-state index in [9.17, 15) is 4.79 Å². The Bertz CT molecular complexity index is 579. The lowest BCUT2D eigenvalue weighted by Crippen LogP contribution is -2.32. The third kappa shape index (κ3) is 2.49. The second kappa shape index (κ2) is 4.85. The molecule has 6 heteroatoms. The second-order valence-corrected chi connectivity index (χ2v) is 6.59. The van der Waals surface area contributed by atoms with E-state index in [-0.39, 0.29) is 11.2 Å². The summed E-state index contributed by atoms with van der Waals surface area (Å²) in [5, 5.41) is 6.82. The van der Waals surface area contributed by atoms with Crippen LogP contribution >= 0.6 is 23.1 Å². The van der Waals surface area contributed by atoms with Crippen molar-refractivity contribution in [3.8, 4) is 0 Å². The van der Waals surface area contributed by atoms with Crippen molar-refractivity contribution in [2.24, 2.45) is 0 Å². The van der Waals surface area contributed by atoms with Crippen LogP contribution in [0.15, 0.2) is 22.8 Å². The molecule has 0 aromatic carbocycles. The molecule has 1 N–H and O–H groups in total. The Labute approximate surface area is 113 Å². The van der Waals surface area contributed by atoms with Gasteiger partial charge in [-0.3, -0.25) is 4.79 Å². The Kier molecular flexibility index (Phi) is 3.22. The molecule has 0 unspecified atom stereocenters. The number of amides is 1. The molecule has 3 rings (SSSR count). The van der Waals surface area contributed by atoms with Crippen LogP contribution in [0.1, 0.15) is 19.8 Å². The first-order valence-electron chi connectivity index (χ1n) is 5.89. The number of carbonyl (C=O) groups is 1. The molecule has 1 saturated carbocycles. The lowest BCUT2D eigenvalue weighted by Gasteiger charge is -2.11. The minimum Gasteiger partial charge on any atom is -0.352 e. The fraction of sp³-hybridized carbons (Fsp3) is 0.417. The Hall–Kier alpha value is -1.14. The van der Waals surface area contributed by atoms with E-state index >= 15 is 0 Å². The third-order valence-corrected chi connectivity index (χ3v) is 4.74. The van der Waals surface area contributed by atoms with Crippen LogP contribution in [-0.2, 0) is 4.79 Å². The number of nitrogens with zero attached hydrogens (tertiary/aromatic N) is 2. The van der Waals surface area contributed by atoms with E-state index in [0.29, 0.717) is 6.04 Å². The summed E-state index contributed by atoms with van der Waals surface area (Å²) in [5.41, 5.74) is 0. The number of hydrogen-bond acceptors (Lipinski definition) is 5. The van der Waals surface area contributed by atoms with Crippen molar-refractivity contribution in [3.63, 3.8) is 0 Å². The van der Waals surface area contributed by atoms with E-state index in [4.69, 9.17) is 0 Å². The Balaban J connectivity index is 1.74. The van der Waals surface area contributed by atoms with Crippen LogP contribution < -0.4 is 5.32 Å². The first-order chi connectivity index (χ1) is 8.74. The predicted octanol–water partition coefficient (Wildman–Crippen LogP) is 2.45. The zero-order chi connectivity index (χ0) is 12.5. The van der Waals surface area contributed by atoms with Crippen molar-refractivity contribution in [2.45, 2.75) is 36.1 Å². The first kappa shape index (κ1) is 11.9. The van der Waals surface area contributed by atoms with Crippen LogP contribution in [0.2, 0.25) is 0 Å². The number of nitrogens with one attached hydrogen (secondary N) is 1. The third-order valence-electron chi connectivity index (χ3n) is 2.81. The van der Waals surface area contributed by atoms with Crippen molar-refractivity contribution in [3.05, 3.63) is 17.8 Å². The van der Waals surface area contributed by atoms with Gasteiger partial charge in [-0.25, -0.2) is 9.97 Å². The molecular weight excluding hydrogens is 266 g/mol. The highest BCUT2D eigenvalue weighted by Gasteiger charge is 2.26. The number of rotatable bonds is 4. The van der Waals surface area contributed by atoms with Crippen LogP contribution in [0.4, 0.5) is 0 Å². The van der Waals surface area contributed by atoms with Crippen molar-refractivity contribution in [1.29, 1.82) is 0 Å². The number of fused-ring (bicyclic) bond motifs is 1. The van der Waals surface area contributed by atoms with Crippen LogP contribution in [-0.4, -0.2) is 27.2 Å². The summed E-state index contributed by atoms with van der Waals surface area (Å²) >= 11 is 3.09. The molecule has 0 bridgehead atoms. The zero-order valence-corrected chi connectivity index (χ0v) is 11.6. The summed E-state index contributed by atoms with van der Waals surface area (Å²) in [6.45, 7) is 1.92. The smallest absolute Gasteiger partial charge is 0.233 e. The molecule has 18 heavy (non-hydrogen) atoms. The van der Waals surface area contributed by atoms with Crippen molar-refractivity contribution in [2.75, 3.05) is 0 Å². The summed E-state index contributed by atoms with van der Waals surface area (Å²) in [6.07, 6.45) is 3.80. The molecule has 4 nitrogen and oxygen atoms in total. The molecule has 0 spiro atoms. The average Bonchev–Trinajstić information content (AvgIpc) is 3.04. The molecule has 94 valence electrons. The Morgan fingerprint density at radius 3 is 3.17 bits per heavy atom. The maximum atomic E-state index is 11.9. The second-order valence-electron chi connectivity index (χ2n) is 4.36. The predicted molar refractivity (Wildman–Crippen MR) is 73.9 cm³/mol. The van der Waals surface area contributed by atoms with Crippen molar-refractivity contribution >= 4 is 39.2 Å². The van der Waals surface area contributed by atoms with E-state index < -0.39 is 0 Å². The fourth-order valence-electron chi connectivity index (χ4n) is 1.63.